The van der Waals surface area contributed by atoms with Crippen LogP contribution >= 0.6 is 154 Å². The van der Waals surface area contributed by atoms with Crippen molar-refractivity contribution in [2.75, 3.05) is 31.5 Å². The van der Waals surface area contributed by atoms with Crippen molar-refractivity contribution in [1.82, 2.24) is 0 Å². The summed E-state index contributed by atoms with van der Waals surface area (Å²) in [5, 5.41) is 23.1. The zero-order valence-corrected chi connectivity index (χ0v) is 77.7. The van der Waals surface area contributed by atoms with Crippen LogP contribution in [0.4, 0.5) is 11.4 Å². The third-order valence-electron chi connectivity index (χ3n) is 14.9. The molecule has 0 radical (unpaired) electrons. The smallest absolute Gasteiger partial charge is 0.273 e. The van der Waals surface area contributed by atoms with Gasteiger partial charge in [0.1, 0.15) is 28.8 Å². The molecule has 0 aliphatic heterocycles. The van der Waals surface area contributed by atoms with Gasteiger partial charge in [-0.2, -0.15) is 126 Å². The lowest BCUT2D eigenvalue weighted by atomic mass is 10.1. The second kappa shape index (κ2) is 68.9. The summed E-state index contributed by atoms with van der Waals surface area (Å²) < 4.78 is 21.5. The lowest BCUT2D eigenvalue weighted by molar-refractivity contribution is -0.385. The number of benzene rings is 7. The highest BCUT2D eigenvalue weighted by Crippen LogP contribution is 2.29. The van der Waals surface area contributed by atoms with Gasteiger partial charge < -0.3 is 18.3 Å². The minimum absolute atomic E-state index is 0.157. The number of aryl methyl sites for hydroxylation is 10. The van der Waals surface area contributed by atoms with Gasteiger partial charge in [0.2, 0.25) is 0 Å². The Morgan fingerprint density at radius 1 is 0.435 bits per heavy atom. The first kappa shape index (κ1) is 107. The molecule has 0 bridgehead atoms. The summed E-state index contributed by atoms with van der Waals surface area (Å²) in [6.07, 6.45) is 8.12. The Morgan fingerprint density at radius 2 is 0.926 bits per heavy atom. The Labute approximate surface area is 717 Å². The van der Waals surface area contributed by atoms with Crippen molar-refractivity contribution >= 4 is 165 Å². The highest BCUT2D eigenvalue weighted by molar-refractivity contribution is 9.10. The fourth-order valence-electron chi connectivity index (χ4n) is 8.43. The minimum Gasteiger partial charge on any atom is -0.497 e. The largest absolute Gasteiger partial charge is 0.497 e. The number of halogens is 1. The maximum absolute atomic E-state index is 10.5. The molecular formula is C86H121BrN2O8S11. The van der Waals surface area contributed by atoms with E-state index in [0.717, 1.165) is 78.9 Å². The Balaban J connectivity index is -0.00000112. The molecular weight excluding hydrogens is 1620 g/mol. The number of thiol groups is 10. The summed E-state index contributed by atoms with van der Waals surface area (Å²) >= 11 is 45.9. The number of ether oxygens (including phenoxy) is 2. The zero-order chi connectivity index (χ0) is 82.4. The Bertz CT molecular complexity index is 3780. The van der Waals surface area contributed by atoms with E-state index in [2.05, 4.69) is 283 Å². The van der Waals surface area contributed by atoms with E-state index in [-0.39, 0.29) is 21.2 Å². The van der Waals surface area contributed by atoms with Gasteiger partial charge in [-0.15, -0.1) is 11.3 Å². The molecule has 10 aromatic rings. The van der Waals surface area contributed by atoms with Crippen LogP contribution in [0.2, 0.25) is 0 Å². The van der Waals surface area contributed by atoms with Crippen LogP contribution in [0.3, 0.4) is 0 Å². The van der Waals surface area contributed by atoms with E-state index < -0.39 is 0 Å². The SMILES string of the molecule is CCCCCS.CCCCS.CCS.COc1cc(C)c(CS)c(Br)c1.COc1cccc(CS)c1C.Cc1c(CS)cccc1[N+](=O)[O-].Cc1ccc(C)cc1.Cc1ccc(CS)o1.Cc1cccc(C)c1.Cc1cccc([N+](=O)[O-])c1CS.Cc1ccccc1.Cc1ccoc1CS.Cc1sccc1CS. The van der Waals surface area contributed by atoms with Crippen LogP contribution in [0.15, 0.2) is 195 Å². The Morgan fingerprint density at radius 3 is 1.24 bits per heavy atom. The second-order valence-electron chi connectivity index (χ2n) is 23.7. The van der Waals surface area contributed by atoms with Gasteiger partial charge in [-0.05, 0) is 206 Å². The zero-order valence-electron chi connectivity index (χ0n) is 66.3. The van der Waals surface area contributed by atoms with Gasteiger partial charge >= 0.3 is 0 Å². The van der Waals surface area contributed by atoms with Crippen molar-refractivity contribution in [3.05, 3.63) is 312 Å². The van der Waals surface area contributed by atoms with Crippen LogP contribution in [0, 0.1) is 103 Å². The number of furan rings is 2. The van der Waals surface area contributed by atoms with Gasteiger partial charge in [0.05, 0.1) is 30.3 Å². The molecule has 0 spiro atoms. The molecule has 10 nitrogen and oxygen atoms in total. The Kier molecular flexibility index (Phi) is 68.5. The number of nitro benzene ring substituents is 2. The second-order valence-corrected chi connectivity index (χ2v) is 29.5. The number of nitro groups is 2. The minimum atomic E-state index is -0.376. The van der Waals surface area contributed by atoms with Crippen LogP contribution < -0.4 is 9.47 Å². The van der Waals surface area contributed by atoms with Crippen molar-refractivity contribution in [2.45, 2.75) is 176 Å². The van der Waals surface area contributed by atoms with Crippen molar-refractivity contribution in [1.29, 1.82) is 0 Å². The first-order chi connectivity index (χ1) is 51.5. The summed E-state index contributed by atoms with van der Waals surface area (Å²) in [4.78, 5) is 21.6. The topological polar surface area (TPSA) is 131 Å². The molecule has 0 amide bonds. The van der Waals surface area contributed by atoms with E-state index in [0.29, 0.717) is 34.1 Å². The maximum Gasteiger partial charge on any atom is 0.273 e. The van der Waals surface area contributed by atoms with Gasteiger partial charge in [0.25, 0.3) is 11.4 Å². The van der Waals surface area contributed by atoms with Crippen LogP contribution in [-0.4, -0.2) is 41.3 Å². The van der Waals surface area contributed by atoms with E-state index in [4.69, 9.17) is 18.3 Å². The number of hydrogen-bond acceptors (Lipinski definition) is 19. The molecule has 22 heteroatoms. The van der Waals surface area contributed by atoms with Crippen LogP contribution in [-0.2, 0) is 40.3 Å². The van der Waals surface area contributed by atoms with Crippen molar-refractivity contribution in [3.8, 4) is 11.5 Å². The summed E-state index contributed by atoms with van der Waals surface area (Å²) in [7, 11) is 3.35. The number of nitrogens with zero attached hydrogens (tertiary/aromatic N) is 2. The molecule has 10 rings (SSSR count). The molecule has 0 aliphatic carbocycles. The molecule has 3 heterocycles. The van der Waals surface area contributed by atoms with E-state index in [1.165, 1.54) is 110 Å². The number of thiophene rings is 1. The van der Waals surface area contributed by atoms with Crippen LogP contribution in [0.1, 0.15) is 158 Å². The summed E-state index contributed by atoms with van der Waals surface area (Å²) in [6, 6.07) is 55.1. The fraction of sp³-hybridized carbons (Fsp3) is 0.372. The highest BCUT2D eigenvalue weighted by Gasteiger charge is 2.14. The third kappa shape index (κ3) is 50.9. The molecule has 0 unspecified atom stereocenters. The van der Waals surface area contributed by atoms with Crippen molar-refractivity contribution in [3.63, 3.8) is 0 Å². The fourth-order valence-corrected chi connectivity index (χ4v) is 13.0. The number of methoxy groups -OCH3 is 2. The van der Waals surface area contributed by atoms with Crippen LogP contribution in [0.25, 0.3) is 0 Å². The predicted molar refractivity (Wildman–Crippen MR) is 508 cm³/mol. The van der Waals surface area contributed by atoms with Gasteiger partial charge in [0, 0.05) is 72.9 Å². The number of unbranched alkanes of at least 4 members (excludes halogenated alkanes) is 3. The predicted octanol–water partition coefficient (Wildman–Crippen LogP) is 28.2. The summed E-state index contributed by atoms with van der Waals surface area (Å²) in [5.74, 6) is 12.4. The maximum atomic E-state index is 10.5. The molecule has 0 saturated heterocycles. The monoisotopic (exact) mass is 1740 g/mol. The average Bonchev–Trinajstić information content (AvgIpc) is 1.59. The molecule has 0 N–H and O–H groups in total. The molecule has 108 heavy (non-hydrogen) atoms. The molecule has 3 aromatic heterocycles. The standard InChI is InChI=1S/C9H11BrOS.C9H12OS.2C8H9NO2S.2C8H10.C7H8.2C6H8OS.C6H8S2.C5H12S.C4H10S.C2H6S/c1-6-3-7(11-2)4-9(10)8(6)5-12;1-7-8(6-11)4-3-5-9(7)10-2;1-6-7(5-12)3-2-4-8(6)9(10)11;1-6-3-2-4-8(9(10)11)7(6)5-12;1-7-3-5-8(2)6-4-7;1-7-4-3-5-8(2)6-7;1-7-5-3-2-4-6-7;1-5-2-3-7-6(5)4-8;1-5-2-3-6(4-8)7-5;1-5-6(4-7)2-3-8-5;1-2-3-4-5-6;1-2-3-4-5;1-2-3/h3-4,12H,5H2,1-2H3;3-5,11H,6H2,1-2H3;2*2-4,12H,5H2,1H3;2*3-6H,1-2H3;2-6H,1H3;2*2-3,8H,4H2,1H3;2-3,7H,4H2,1H3;6H,2-5H2,1H3;5H,2-4H2,1H3;3H,2H2,1H3. The lowest BCUT2D eigenvalue weighted by Crippen LogP contribution is -1.95. The van der Waals surface area contributed by atoms with Gasteiger partial charge in [-0.1, -0.05) is 199 Å². The molecule has 596 valence electrons. The number of rotatable bonds is 16. The highest BCUT2D eigenvalue weighted by atomic mass is 79.9. The molecule has 0 atom stereocenters. The average molecular weight is 1740 g/mol. The Hall–Kier alpha value is -4.82. The first-order valence-electron chi connectivity index (χ1n) is 35.2. The molecule has 0 fully saturated rings. The van der Waals surface area contributed by atoms with E-state index in [1.807, 2.05) is 107 Å². The third-order valence-corrected chi connectivity index (χ3v) is 19.4. The van der Waals surface area contributed by atoms with Crippen molar-refractivity contribution in [2.24, 2.45) is 0 Å². The number of hydrogen-bond donors (Lipinski definition) is 10. The lowest BCUT2D eigenvalue weighted by Gasteiger charge is -2.08. The summed E-state index contributed by atoms with van der Waals surface area (Å²) in [5.41, 5.74) is 17.6. The van der Waals surface area contributed by atoms with Crippen LogP contribution in [0.5, 0.6) is 11.5 Å². The quantitative estimate of drug-likeness (QED) is 0.0200. The van der Waals surface area contributed by atoms with Gasteiger partial charge in [-0.25, -0.2) is 0 Å². The summed E-state index contributed by atoms with van der Waals surface area (Å²) in [6.45, 7) is 30.6. The molecule has 0 aliphatic rings. The van der Waals surface area contributed by atoms with E-state index >= 15 is 0 Å². The molecule has 7 aromatic carbocycles. The van der Waals surface area contributed by atoms with E-state index in [1.54, 1.807) is 50.9 Å². The van der Waals surface area contributed by atoms with Gasteiger partial charge in [-0.3, -0.25) is 20.2 Å². The van der Waals surface area contributed by atoms with Crippen molar-refractivity contribution < 1.29 is 28.2 Å². The molecule has 0 saturated carbocycles. The normalized spacial score (nSPS) is 9.44. The van der Waals surface area contributed by atoms with Gasteiger partial charge in [0.15, 0.2) is 0 Å². The first-order valence-corrected chi connectivity index (χ1v) is 43.2. The van der Waals surface area contributed by atoms with E-state index in [9.17, 15) is 20.2 Å².